The fourth-order valence-electron chi connectivity index (χ4n) is 3.15. The first-order valence-electron chi connectivity index (χ1n) is 10.7. The summed E-state index contributed by atoms with van der Waals surface area (Å²) < 4.78 is 19.8. The molecule has 0 fully saturated rings. The van der Waals surface area contributed by atoms with E-state index < -0.39 is 17.9 Å². The molecule has 28 heavy (non-hydrogen) atoms. The van der Waals surface area contributed by atoms with Crippen molar-refractivity contribution in [1.82, 2.24) is 0 Å². The molecule has 1 aromatic carbocycles. The molecule has 1 rings (SSSR count). The van der Waals surface area contributed by atoms with Gasteiger partial charge in [-0.1, -0.05) is 65.2 Å². The van der Waals surface area contributed by atoms with Crippen LogP contribution in [0.15, 0.2) is 18.2 Å². The molecule has 158 valence electrons. The summed E-state index contributed by atoms with van der Waals surface area (Å²) >= 11 is 0. The van der Waals surface area contributed by atoms with Crippen LogP contribution in [0, 0.1) is 5.82 Å². The van der Waals surface area contributed by atoms with Crippen molar-refractivity contribution in [2.24, 2.45) is 0 Å². The van der Waals surface area contributed by atoms with E-state index in [9.17, 15) is 19.1 Å². The first-order chi connectivity index (χ1) is 13.5. The van der Waals surface area contributed by atoms with Gasteiger partial charge in [0.15, 0.2) is 11.9 Å². The zero-order valence-corrected chi connectivity index (χ0v) is 17.3. The molecule has 0 saturated carbocycles. The van der Waals surface area contributed by atoms with Crippen molar-refractivity contribution in [3.8, 4) is 5.75 Å². The molecule has 1 unspecified atom stereocenters. The highest BCUT2D eigenvalue weighted by Gasteiger charge is 2.20. The second-order valence-corrected chi connectivity index (χ2v) is 7.38. The molecule has 0 aliphatic heterocycles. The van der Waals surface area contributed by atoms with Crippen molar-refractivity contribution in [3.63, 3.8) is 0 Å². The van der Waals surface area contributed by atoms with Gasteiger partial charge in [0.25, 0.3) is 0 Å². The highest BCUT2D eigenvalue weighted by Crippen LogP contribution is 2.21. The Kier molecular flexibility index (Phi) is 12.2. The Hall–Kier alpha value is -1.91. The quantitative estimate of drug-likeness (QED) is 0.255. The third-order valence-electron chi connectivity index (χ3n) is 4.87. The van der Waals surface area contributed by atoms with Gasteiger partial charge in [-0.25, -0.2) is 9.18 Å². The first kappa shape index (κ1) is 24.1. The number of carboxylic acid groups (broad SMARTS) is 1. The van der Waals surface area contributed by atoms with Gasteiger partial charge in [-0.05, 0) is 31.4 Å². The minimum Gasteiger partial charge on any atom is -0.479 e. The number of ketones is 1. The van der Waals surface area contributed by atoms with Gasteiger partial charge in [-0.3, -0.25) is 4.79 Å². The molecule has 1 aromatic rings. The number of carboxylic acids is 1. The molecule has 4 nitrogen and oxygen atoms in total. The summed E-state index contributed by atoms with van der Waals surface area (Å²) in [5.41, 5.74) is 0.0478. The predicted molar refractivity (Wildman–Crippen MR) is 110 cm³/mol. The van der Waals surface area contributed by atoms with Crippen molar-refractivity contribution in [3.05, 3.63) is 29.6 Å². The van der Waals surface area contributed by atoms with Crippen LogP contribution in [0.2, 0.25) is 0 Å². The molecule has 1 atom stereocenters. The van der Waals surface area contributed by atoms with Crippen LogP contribution in [-0.4, -0.2) is 23.0 Å². The van der Waals surface area contributed by atoms with Crippen LogP contribution in [0.5, 0.6) is 5.75 Å². The number of hydrogen-bond donors (Lipinski definition) is 1. The van der Waals surface area contributed by atoms with E-state index in [4.69, 9.17) is 4.74 Å². The van der Waals surface area contributed by atoms with E-state index in [-0.39, 0.29) is 17.1 Å². The Morgan fingerprint density at radius 3 is 2.18 bits per heavy atom. The van der Waals surface area contributed by atoms with Crippen molar-refractivity contribution < 1.29 is 23.8 Å². The van der Waals surface area contributed by atoms with Gasteiger partial charge in [-0.15, -0.1) is 0 Å². The van der Waals surface area contributed by atoms with Gasteiger partial charge in [0.2, 0.25) is 0 Å². The van der Waals surface area contributed by atoms with E-state index in [1.165, 1.54) is 25.0 Å². The number of carbonyl (C=O) groups is 2. The van der Waals surface area contributed by atoms with E-state index >= 15 is 0 Å². The molecule has 0 saturated heterocycles. The lowest BCUT2D eigenvalue weighted by molar-refractivity contribution is -0.145. The zero-order chi connectivity index (χ0) is 20.8. The Bertz CT molecular complexity index is 600. The minimum absolute atomic E-state index is 0.0478. The smallest absolute Gasteiger partial charge is 0.344 e. The summed E-state index contributed by atoms with van der Waals surface area (Å²) in [5.74, 6) is -1.77. The molecule has 0 spiro atoms. The van der Waals surface area contributed by atoms with E-state index in [2.05, 4.69) is 13.8 Å². The third kappa shape index (κ3) is 9.34. The monoisotopic (exact) mass is 394 g/mol. The van der Waals surface area contributed by atoms with E-state index in [0.717, 1.165) is 57.4 Å². The molecule has 0 heterocycles. The number of hydrogen-bond acceptors (Lipinski definition) is 3. The molecule has 0 bridgehead atoms. The van der Waals surface area contributed by atoms with Crippen molar-refractivity contribution in [2.45, 2.75) is 97.0 Å². The molecule has 0 aromatic heterocycles. The van der Waals surface area contributed by atoms with E-state index in [1.54, 1.807) is 0 Å². The van der Waals surface area contributed by atoms with Crippen molar-refractivity contribution >= 4 is 11.8 Å². The van der Waals surface area contributed by atoms with Crippen LogP contribution < -0.4 is 4.74 Å². The predicted octanol–water partition coefficient (Wildman–Crippen LogP) is 6.56. The molecule has 0 radical (unpaired) electrons. The molecule has 5 heteroatoms. The Morgan fingerprint density at radius 1 is 0.964 bits per heavy atom. The minimum atomic E-state index is -1.05. The summed E-state index contributed by atoms with van der Waals surface area (Å²) in [6.07, 6.45) is 9.92. The maximum atomic E-state index is 14.3. The molecule has 0 amide bonds. The van der Waals surface area contributed by atoms with Crippen LogP contribution in [-0.2, 0) is 4.79 Å². The summed E-state index contributed by atoms with van der Waals surface area (Å²) in [7, 11) is 0. The standard InChI is InChI=1S/C23H35FO4/c1-3-5-7-9-10-12-14-22(23(26)27)28-18-15-16-19(20(24)17-18)21(25)13-11-8-6-4-2/h15-17,22H,3-14H2,1-2H3,(H,26,27). The second kappa shape index (κ2) is 14.1. The second-order valence-electron chi connectivity index (χ2n) is 7.38. The van der Waals surface area contributed by atoms with Crippen LogP contribution in [0.3, 0.4) is 0 Å². The number of halogens is 1. The van der Waals surface area contributed by atoms with E-state index in [1.807, 2.05) is 0 Å². The number of aliphatic carboxylic acids is 1. The van der Waals surface area contributed by atoms with Crippen molar-refractivity contribution in [1.29, 1.82) is 0 Å². The van der Waals surface area contributed by atoms with Gasteiger partial charge < -0.3 is 9.84 Å². The number of benzene rings is 1. The van der Waals surface area contributed by atoms with Crippen LogP contribution in [0.4, 0.5) is 4.39 Å². The number of ether oxygens (including phenoxy) is 1. The van der Waals surface area contributed by atoms with Gasteiger partial charge in [0.05, 0.1) is 5.56 Å². The molecular formula is C23H35FO4. The summed E-state index contributed by atoms with van der Waals surface area (Å²) in [6, 6.07) is 4.01. The highest BCUT2D eigenvalue weighted by molar-refractivity contribution is 5.96. The summed E-state index contributed by atoms with van der Waals surface area (Å²) in [6.45, 7) is 4.25. The normalized spacial score (nSPS) is 12.0. The van der Waals surface area contributed by atoms with Gasteiger partial charge in [0.1, 0.15) is 11.6 Å². The van der Waals surface area contributed by atoms with Gasteiger partial charge in [0, 0.05) is 12.5 Å². The maximum Gasteiger partial charge on any atom is 0.344 e. The average Bonchev–Trinajstić information content (AvgIpc) is 2.66. The Morgan fingerprint density at radius 2 is 1.57 bits per heavy atom. The number of carbonyl (C=O) groups excluding carboxylic acids is 1. The molecule has 0 aliphatic carbocycles. The van der Waals surface area contributed by atoms with Crippen LogP contribution in [0.1, 0.15) is 101 Å². The van der Waals surface area contributed by atoms with E-state index in [0.29, 0.717) is 12.8 Å². The van der Waals surface area contributed by atoms with Crippen molar-refractivity contribution in [2.75, 3.05) is 0 Å². The summed E-state index contributed by atoms with van der Waals surface area (Å²) in [4.78, 5) is 23.6. The number of rotatable bonds is 16. The Labute approximate surface area is 168 Å². The van der Waals surface area contributed by atoms with Gasteiger partial charge in [-0.2, -0.15) is 0 Å². The largest absolute Gasteiger partial charge is 0.479 e. The molecule has 0 aliphatic rings. The topological polar surface area (TPSA) is 63.6 Å². The molecular weight excluding hydrogens is 359 g/mol. The third-order valence-corrected chi connectivity index (χ3v) is 4.87. The van der Waals surface area contributed by atoms with Gasteiger partial charge >= 0.3 is 5.97 Å². The zero-order valence-electron chi connectivity index (χ0n) is 17.3. The lowest BCUT2D eigenvalue weighted by Gasteiger charge is -2.15. The lowest BCUT2D eigenvalue weighted by atomic mass is 10.0. The number of Topliss-reactive ketones (excluding diaryl/α,β-unsaturated/α-hetero) is 1. The first-order valence-corrected chi connectivity index (χ1v) is 10.7. The maximum absolute atomic E-state index is 14.3. The molecule has 1 N–H and O–H groups in total. The van der Waals surface area contributed by atoms with Crippen LogP contribution >= 0.6 is 0 Å². The number of unbranched alkanes of at least 4 members (excludes halogenated alkanes) is 8. The lowest BCUT2D eigenvalue weighted by Crippen LogP contribution is -2.27. The fourth-order valence-corrected chi connectivity index (χ4v) is 3.15. The highest BCUT2D eigenvalue weighted by atomic mass is 19.1. The van der Waals surface area contributed by atoms with Crippen LogP contribution in [0.25, 0.3) is 0 Å². The SMILES string of the molecule is CCCCCCCCC(Oc1ccc(C(=O)CCCCCC)c(F)c1)C(=O)O. The Balaban J connectivity index is 2.55. The average molecular weight is 395 g/mol. The fraction of sp³-hybridized carbons (Fsp3) is 0.652. The summed E-state index contributed by atoms with van der Waals surface area (Å²) in [5, 5.41) is 9.36.